The minimum absolute atomic E-state index is 0.154. The molecule has 0 rings (SSSR count). The van der Waals surface area contributed by atoms with Crippen molar-refractivity contribution < 1.29 is 42.9 Å². The number of carboxylic acids is 1. The fraction of sp³-hybridized carbons (Fsp3) is 0.962. The van der Waals surface area contributed by atoms with E-state index in [9.17, 15) is 19.5 Å². The highest BCUT2D eigenvalue weighted by molar-refractivity contribution is 5.70. The number of esters is 2. The number of rotatable bonds is 76. The molecule has 0 aliphatic rings. The largest absolute Gasteiger partial charge is 0.545 e. The van der Waals surface area contributed by atoms with Crippen LogP contribution in [0.2, 0.25) is 0 Å². The van der Waals surface area contributed by atoms with Crippen LogP contribution in [0.3, 0.4) is 0 Å². The summed E-state index contributed by atoms with van der Waals surface area (Å²) < 4.78 is 22.9. The molecule has 0 spiro atoms. The Morgan fingerprint density at radius 2 is 0.511 bits per heavy atom. The van der Waals surface area contributed by atoms with Crippen LogP contribution < -0.4 is 5.11 Å². The molecule has 2 unspecified atom stereocenters. The van der Waals surface area contributed by atoms with Crippen LogP contribution >= 0.6 is 0 Å². The quantitative estimate of drug-likeness (QED) is 0.0256. The number of ether oxygens (including phenoxy) is 4. The highest BCUT2D eigenvalue weighted by Crippen LogP contribution is 2.21. The second-order valence-corrected chi connectivity index (χ2v) is 28.7. The molecule has 0 aromatic rings. The average molecular weight is 1250 g/mol. The van der Waals surface area contributed by atoms with Gasteiger partial charge in [0.2, 0.25) is 0 Å². The third kappa shape index (κ3) is 71.7. The van der Waals surface area contributed by atoms with Gasteiger partial charge in [0, 0.05) is 12.8 Å². The van der Waals surface area contributed by atoms with Gasteiger partial charge in [-0.3, -0.25) is 9.59 Å². The summed E-state index contributed by atoms with van der Waals surface area (Å²) >= 11 is 0. The van der Waals surface area contributed by atoms with E-state index in [0.29, 0.717) is 17.4 Å². The molecule has 0 amide bonds. The third-order valence-electron chi connectivity index (χ3n) is 18.6. The molecule has 0 fully saturated rings. The van der Waals surface area contributed by atoms with Gasteiger partial charge in [0.15, 0.2) is 12.4 Å². The van der Waals surface area contributed by atoms with E-state index in [1.165, 1.54) is 366 Å². The highest BCUT2D eigenvalue weighted by Gasteiger charge is 2.22. The van der Waals surface area contributed by atoms with E-state index in [1.807, 2.05) is 21.1 Å². The number of carbonyl (C=O) groups is 3. The van der Waals surface area contributed by atoms with Crippen molar-refractivity contribution in [3.63, 3.8) is 0 Å². The Bertz CT molecular complexity index is 1400. The lowest BCUT2D eigenvalue weighted by Gasteiger charge is -2.26. The van der Waals surface area contributed by atoms with Gasteiger partial charge in [0.1, 0.15) is 13.2 Å². The van der Waals surface area contributed by atoms with E-state index >= 15 is 0 Å². The number of hydrogen-bond acceptors (Lipinski definition) is 8. The van der Waals surface area contributed by atoms with E-state index < -0.39 is 24.3 Å². The molecule has 9 heteroatoms. The Morgan fingerprint density at radius 1 is 0.295 bits per heavy atom. The summed E-state index contributed by atoms with van der Waals surface area (Å²) in [6, 6.07) is 0. The van der Waals surface area contributed by atoms with Crippen molar-refractivity contribution in [2.45, 2.75) is 444 Å². The monoisotopic (exact) mass is 1250 g/mol. The maximum absolute atomic E-state index is 13.0. The number of unbranched alkanes of at least 4 members (excludes halogenated alkanes) is 61. The molecule has 0 aliphatic carbocycles. The lowest BCUT2D eigenvalue weighted by molar-refractivity contribution is -0.870. The molecule has 0 saturated heterocycles. The SMILES string of the molecule is CCCCCCCCCCCCCCCCCCCCCCCCCCCCCCCCCCCCCCC(=O)OC(COC(=O)CCCCCCCCCCCCCCCCCCCCCCCCCCCCC)COC(OCC[N+](C)(C)C)C(=O)[O-]. The van der Waals surface area contributed by atoms with Crippen LogP contribution in [0.4, 0.5) is 0 Å². The van der Waals surface area contributed by atoms with Crippen LogP contribution in [0.5, 0.6) is 0 Å². The van der Waals surface area contributed by atoms with Gasteiger partial charge < -0.3 is 33.3 Å². The number of hydrogen-bond donors (Lipinski definition) is 0. The first-order valence-electron chi connectivity index (χ1n) is 39.7. The lowest BCUT2D eigenvalue weighted by atomic mass is 10.0. The molecule has 0 N–H and O–H groups in total. The normalized spacial score (nSPS) is 12.5. The Balaban J connectivity index is 3.94. The van der Waals surface area contributed by atoms with Gasteiger partial charge in [-0.05, 0) is 12.8 Å². The molecule has 9 nitrogen and oxygen atoms in total. The molecule has 0 aromatic carbocycles. The summed E-state index contributed by atoms with van der Waals surface area (Å²) in [4.78, 5) is 37.6. The van der Waals surface area contributed by atoms with Gasteiger partial charge in [-0.25, -0.2) is 0 Å². The second kappa shape index (κ2) is 71.1. The van der Waals surface area contributed by atoms with Crippen molar-refractivity contribution in [1.82, 2.24) is 0 Å². The van der Waals surface area contributed by atoms with Crippen LogP contribution in [0.15, 0.2) is 0 Å². The van der Waals surface area contributed by atoms with Gasteiger partial charge in [0.05, 0.1) is 40.3 Å². The standard InChI is InChI=1S/C79H155NO8/c1-6-8-10-12-14-16-18-20-22-24-26-28-30-32-34-35-36-37-38-39-40-41-42-44-46-48-50-52-54-56-58-60-62-64-66-68-70-77(82)88-75(74-87-79(78(83)84)85-72-71-80(3,4)5)73-86-76(81)69-67-65-63-61-59-57-55-53-51-49-47-45-43-33-31-29-27-25-23-21-19-17-15-13-11-9-7-2/h75,79H,6-74H2,1-5H3. The Labute approximate surface area is 549 Å². The van der Waals surface area contributed by atoms with Crippen LogP contribution in [-0.4, -0.2) is 82.3 Å². The zero-order chi connectivity index (χ0) is 64.0. The maximum Gasteiger partial charge on any atom is 0.306 e. The van der Waals surface area contributed by atoms with Crippen molar-refractivity contribution in [2.24, 2.45) is 0 Å². The molecule has 0 aliphatic heterocycles. The third-order valence-corrected chi connectivity index (χ3v) is 18.6. The maximum atomic E-state index is 13.0. The molecule has 88 heavy (non-hydrogen) atoms. The number of quaternary nitrogens is 1. The van der Waals surface area contributed by atoms with Gasteiger partial charge in [-0.1, -0.05) is 406 Å². The van der Waals surface area contributed by atoms with Crippen molar-refractivity contribution in [3.05, 3.63) is 0 Å². The van der Waals surface area contributed by atoms with Gasteiger partial charge in [-0.2, -0.15) is 0 Å². The molecular weight excluding hydrogens is 1090 g/mol. The van der Waals surface area contributed by atoms with E-state index in [-0.39, 0.29) is 32.2 Å². The summed E-state index contributed by atoms with van der Waals surface area (Å²) in [5.41, 5.74) is 0. The molecule has 0 radical (unpaired) electrons. The number of nitrogens with zero attached hydrogens (tertiary/aromatic N) is 1. The Morgan fingerprint density at radius 3 is 0.727 bits per heavy atom. The predicted molar refractivity (Wildman–Crippen MR) is 376 cm³/mol. The van der Waals surface area contributed by atoms with E-state index in [1.54, 1.807) is 0 Å². The second-order valence-electron chi connectivity index (χ2n) is 28.7. The van der Waals surface area contributed by atoms with Gasteiger partial charge in [0.25, 0.3) is 0 Å². The van der Waals surface area contributed by atoms with Gasteiger partial charge >= 0.3 is 11.9 Å². The molecule has 0 aromatic heterocycles. The van der Waals surface area contributed by atoms with Crippen LogP contribution in [0.1, 0.15) is 431 Å². The molecule has 0 saturated carbocycles. The number of likely N-dealkylation sites (N-methyl/N-ethyl adjacent to an activating group) is 1. The zero-order valence-corrected chi connectivity index (χ0v) is 60.2. The fourth-order valence-corrected chi connectivity index (χ4v) is 12.5. The molecule has 0 heterocycles. The summed E-state index contributed by atoms with van der Waals surface area (Å²) in [6.07, 6.45) is 83.8. The fourth-order valence-electron chi connectivity index (χ4n) is 12.5. The molecular formula is C79H155NO8. The summed E-state index contributed by atoms with van der Waals surface area (Å²) in [7, 11) is 5.96. The van der Waals surface area contributed by atoms with E-state index in [4.69, 9.17) is 18.9 Å². The molecule has 2 atom stereocenters. The van der Waals surface area contributed by atoms with Crippen molar-refractivity contribution in [1.29, 1.82) is 0 Å². The van der Waals surface area contributed by atoms with Crippen molar-refractivity contribution in [3.8, 4) is 0 Å². The number of aliphatic carboxylic acids is 1. The number of carboxylic acid groups (broad SMARTS) is 1. The molecule has 524 valence electrons. The molecule has 0 bridgehead atoms. The summed E-state index contributed by atoms with van der Waals surface area (Å²) in [6.45, 7) is 4.86. The predicted octanol–water partition coefficient (Wildman–Crippen LogP) is 23.7. The van der Waals surface area contributed by atoms with Crippen molar-refractivity contribution >= 4 is 17.9 Å². The first-order chi connectivity index (χ1) is 43.1. The zero-order valence-electron chi connectivity index (χ0n) is 60.2. The number of carbonyl (C=O) groups excluding carboxylic acids is 3. The Hall–Kier alpha value is -1.71. The van der Waals surface area contributed by atoms with E-state index in [2.05, 4.69) is 13.8 Å². The lowest BCUT2D eigenvalue weighted by Crippen LogP contribution is -2.44. The van der Waals surface area contributed by atoms with Crippen molar-refractivity contribution in [2.75, 3.05) is 47.5 Å². The smallest absolute Gasteiger partial charge is 0.306 e. The summed E-state index contributed by atoms with van der Waals surface area (Å²) in [5.74, 6) is -2.24. The van der Waals surface area contributed by atoms with Crippen LogP contribution in [-0.2, 0) is 33.3 Å². The minimum Gasteiger partial charge on any atom is -0.545 e. The highest BCUT2D eigenvalue weighted by atomic mass is 16.7. The average Bonchev–Trinajstić information content (AvgIpc) is 3.52. The van der Waals surface area contributed by atoms with Gasteiger partial charge in [-0.15, -0.1) is 0 Å². The van der Waals surface area contributed by atoms with E-state index in [0.717, 1.165) is 38.5 Å². The Kier molecular flexibility index (Phi) is 69.8. The summed E-state index contributed by atoms with van der Waals surface area (Å²) in [5, 5.41) is 11.8. The van der Waals surface area contributed by atoms with Crippen LogP contribution in [0.25, 0.3) is 0 Å². The topological polar surface area (TPSA) is 111 Å². The first-order valence-corrected chi connectivity index (χ1v) is 39.7. The minimum atomic E-state index is -1.62. The first kappa shape index (κ1) is 86.3. The van der Waals surface area contributed by atoms with Crippen LogP contribution in [0, 0.1) is 0 Å².